The van der Waals surface area contributed by atoms with Gasteiger partial charge in [-0.1, -0.05) is 115 Å². The van der Waals surface area contributed by atoms with Crippen LogP contribution >= 0.6 is 0 Å². The number of aliphatic hydroxyl groups is 1. The Bertz CT molecular complexity index is 1770. The molecule has 0 bridgehead atoms. The second kappa shape index (κ2) is 24.1. The van der Waals surface area contributed by atoms with E-state index in [0.29, 0.717) is 37.2 Å². The van der Waals surface area contributed by atoms with Gasteiger partial charge in [-0.2, -0.15) is 0 Å². The molecule has 2 amide bonds. The number of allylic oxidation sites excluding steroid dienone is 2. The van der Waals surface area contributed by atoms with E-state index in [1.807, 2.05) is 121 Å². The molecular formula is C47H56N2O7. The molecule has 0 unspecified atom stereocenters. The molecular weight excluding hydrogens is 705 g/mol. The van der Waals surface area contributed by atoms with Crippen molar-refractivity contribution in [1.29, 1.82) is 0 Å². The Morgan fingerprint density at radius 3 is 1.98 bits per heavy atom. The zero-order chi connectivity index (χ0) is 40.0. The maximum atomic E-state index is 14.0. The van der Waals surface area contributed by atoms with Crippen molar-refractivity contribution in [3.05, 3.63) is 163 Å². The van der Waals surface area contributed by atoms with Crippen LogP contribution < -0.4 is 15.4 Å². The van der Waals surface area contributed by atoms with Crippen molar-refractivity contribution in [2.75, 3.05) is 20.3 Å². The Kier molecular flexibility index (Phi) is 18.6. The molecule has 0 fully saturated rings. The summed E-state index contributed by atoms with van der Waals surface area (Å²) in [4.78, 5) is 41.3. The molecule has 9 nitrogen and oxygen atoms in total. The van der Waals surface area contributed by atoms with Crippen LogP contribution in [-0.2, 0) is 43.3 Å². The normalized spacial score (nSPS) is 13.6. The third-order valence-electron chi connectivity index (χ3n) is 9.52. The summed E-state index contributed by atoms with van der Waals surface area (Å²) in [6, 6.07) is 35.2. The minimum atomic E-state index is -0.864. The first-order chi connectivity index (χ1) is 27.3. The second-order valence-electron chi connectivity index (χ2n) is 13.9. The number of aliphatic hydroxyl groups excluding tert-OH is 1. The lowest BCUT2D eigenvalue weighted by atomic mass is 9.93. The standard InChI is InChI=1S/C47H56N2O7/c1-4-6-10-24-40(29-35-18-11-7-12-19-35)47(53)56-45(38-22-15-9-16-23-38)43(34-54-3)49-46(52)39(17-5-2)31-44(51)48-41(32-50)30-36-25-27-42(28-26-36)55-33-37-20-13-8-14-21-37/h4-5,7-9,11-16,18-23,25-28,39-41,43,45,50H,1-2,6,10,17,24,29-34H2,3H3,(H,48,51)(H,49,52)/t39-,40+,41-,43-,45-/m0/s1. The van der Waals surface area contributed by atoms with E-state index in [-0.39, 0.29) is 37.9 Å². The lowest BCUT2D eigenvalue weighted by Gasteiger charge is -2.30. The van der Waals surface area contributed by atoms with Gasteiger partial charge >= 0.3 is 5.97 Å². The van der Waals surface area contributed by atoms with Crippen LogP contribution in [0, 0.1) is 11.8 Å². The molecule has 0 spiro atoms. The molecule has 0 aromatic heterocycles. The predicted octanol–water partition coefficient (Wildman–Crippen LogP) is 7.50. The Morgan fingerprint density at radius 2 is 1.38 bits per heavy atom. The number of unbranched alkanes of at least 4 members (excludes halogenated alkanes) is 1. The Labute approximate surface area is 331 Å². The summed E-state index contributed by atoms with van der Waals surface area (Å²) < 4.78 is 17.7. The SMILES string of the molecule is C=CCCC[C@H](Cc1ccccc1)C(=O)O[C@@H](c1ccccc1)[C@H](COC)NC(=O)[C@@H](CC=C)CC(=O)N[C@H](CO)Cc1ccc(OCc2ccccc2)cc1. The van der Waals surface area contributed by atoms with Crippen LogP contribution in [0.4, 0.5) is 0 Å². The van der Waals surface area contributed by atoms with Gasteiger partial charge in [0, 0.05) is 13.5 Å². The number of carbonyl (C=O) groups is 3. The molecule has 4 rings (SSSR count). The highest BCUT2D eigenvalue weighted by molar-refractivity contribution is 5.86. The van der Waals surface area contributed by atoms with Gasteiger partial charge in [-0.15, -0.1) is 13.2 Å². The maximum Gasteiger partial charge on any atom is 0.309 e. The van der Waals surface area contributed by atoms with Gasteiger partial charge < -0.3 is 30.0 Å². The molecule has 0 saturated carbocycles. The predicted molar refractivity (Wildman–Crippen MR) is 220 cm³/mol. The number of ether oxygens (including phenoxy) is 3. The molecule has 4 aromatic rings. The van der Waals surface area contributed by atoms with Crippen molar-refractivity contribution < 1.29 is 33.7 Å². The van der Waals surface area contributed by atoms with E-state index in [4.69, 9.17) is 14.2 Å². The number of nitrogens with one attached hydrogen (secondary N) is 2. The van der Waals surface area contributed by atoms with Gasteiger partial charge in [-0.05, 0) is 72.9 Å². The number of esters is 1. The van der Waals surface area contributed by atoms with E-state index in [2.05, 4.69) is 23.8 Å². The Hall–Kier alpha value is -5.51. The number of carbonyl (C=O) groups excluding carboxylic acids is 3. The average Bonchev–Trinajstić information content (AvgIpc) is 3.22. The van der Waals surface area contributed by atoms with E-state index < -0.39 is 35.9 Å². The van der Waals surface area contributed by atoms with E-state index in [9.17, 15) is 19.5 Å². The van der Waals surface area contributed by atoms with Crippen LogP contribution in [0.3, 0.4) is 0 Å². The van der Waals surface area contributed by atoms with E-state index in [1.165, 1.54) is 7.11 Å². The van der Waals surface area contributed by atoms with Gasteiger partial charge in [0.15, 0.2) is 0 Å². The summed E-state index contributed by atoms with van der Waals surface area (Å²) in [5.41, 5.74) is 3.71. The van der Waals surface area contributed by atoms with E-state index >= 15 is 0 Å². The molecule has 4 aromatic carbocycles. The van der Waals surface area contributed by atoms with Crippen molar-refractivity contribution in [3.8, 4) is 5.75 Å². The number of hydrogen-bond acceptors (Lipinski definition) is 7. The number of amides is 2. The zero-order valence-electron chi connectivity index (χ0n) is 32.4. The fourth-order valence-electron chi connectivity index (χ4n) is 6.54. The quantitative estimate of drug-likeness (QED) is 0.0363. The first kappa shape index (κ1) is 43.2. The van der Waals surface area contributed by atoms with Gasteiger partial charge in [0.2, 0.25) is 11.8 Å². The molecule has 0 aliphatic rings. The number of hydrogen-bond donors (Lipinski definition) is 3. The maximum absolute atomic E-state index is 14.0. The lowest BCUT2D eigenvalue weighted by Crippen LogP contribution is -2.47. The topological polar surface area (TPSA) is 123 Å². The summed E-state index contributed by atoms with van der Waals surface area (Å²) in [6.07, 6.45) is 5.73. The molecule has 296 valence electrons. The lowest BCUT2D eigenvalue weighted by molar-refractivity contribution is -0.158. The van der Waals surface area contributed by atoms with Crippen LogP contribution in [0.1, 0.15) is 60.5 Å². The summed E-state index contributed by atoms with van der Waals surface area (Å²) in [5.74, 6) is -1.63. The summed E-state index contributed by atoms with van der Waals surface area (Å²) >= 11 is 0. The first-order valence-corrected chi connectivity index (χ1v) is 19.3. The van der Waals surface area contributed by atoms with Crippen molar-refractivity contribution in [2.24, 2.45) is 11.8 Å². The monoisotopic (exact) mass is 760 g/mol. The highest BCUT2D eigenvalue weighted by Crippen LogP contribution is 2.27. The Balaban J connectivity index is 1.42. The van der Waals surface area contributed by atoms with Crippen molar-refractivity contribution in [3.63, 3.8) is 0 Å². The minimum Gasteiger partial charge on any atom is -0.489 e. The smallest absolute Gasteiger partial charge is 0.309 e. The van der Waals surface area contributed by atoms with Crippen LogP contribution in [0.15, 0.2) is 141 Å². The average molecular weight is 761 g/mol. The molecule has 0 heterocycles. The summed E-state index contributed by atoms with van der Waals surface area (Å²) in [5, 5.41) is 16.1. The minimum absolute atomic E-state index is 0.0497. The van der Waals surface area contributed by atoms with Gasteiger partial charge in [-0.3, -0.25) is 14.4 Å². The fraction of sp³-hybridized carbons (Fsp3) is 0.340. The van der Waals surface area contributed by atoms with Gasteiger partial charge in [0.1, 0.15) is 18.5 Å². The largest absolute Gasteiger partial charge is 0.489 e. The van der Waals surface area contributed by atoms with Gasteiger partial charge in [0.05, 0.1) is 37.1 Å². The van der Waals surface area contributed by atoms with Crippen LogP contribution in [0.5, 0.6) is 5.75 Å². The Morgan fingerprint density at radius 1 is 0.750 bits per heavy atom. The summed E-state index contributed by atoms with van der Waals surface area (Å²) in [6.45, 7) is 7.86. The molecule has 5 atom stereocenters. The van der Waals surface area contributed by atoms with E-state index in [0.717, 1.165) is 29.5 Å². The third-order valence-corrected chi connectivity index (χ3v) is 9.52. The number of benzene rings is 4. The molecule has 0 aliphatic carbocycles. The number of rotatable bonds is 25. The molecule has 3 N–H and O–H groups in total. The van der Waals surface area contributed by atoms with Crippen LogP contribution in [-0.4, -0.2) is 55.3 Å². The number of methoxy groups -OCH3 is 1. The van der Waals surface area contributed by atoms with E-state index in [1.54, 1.807) is 6.08 Å². The molecule has 9 heteroatoms. The van der Waals surface area contributed by atoms with Crippen molar-refractivity contribution >= 4 is 17.8 Å². The van der Waals surface area contributed by atoms with Crippen LogP contribution in [0.25, 0.3) is 0 Å². The highest BCUT2D eigenvalue weighted by atomic mass is 16.5. The molecule has 0 saturated heterocycles. The van der Waals surface area contributed by atoms with Crippen LogP contribution in [0.2, 0.25) is 0 Å². The third kappa shape index (κ3) is 14.6. The van der Waals surface area contributed by atoms with Crippen molar-refractivity contribution in [1.82, 2.24) is 10.6 Å². The zero-order valence-corrected chi connectivity index (χ0v) is 32.4. The molecule has 0 radical (unpaired) electrons. The summed E-state index contributed by atoms with van der Waals surface area (Å²) in [7, 11) is 1.52. The molecule has 56 heavy (non-hydrogen) atoms. The van der Waals surface area contributed by atoms with Gasteiger partial charge in [0.25, 0.3) is 0 Å². The van der Waals surface area contributed by atoms with Gasteiger partial charge in [-0.25, -0.2) is 0 Å². The second-order valence-corrected chi connectivity index (χ2v) is 13.9. The molecule has 0 aliphatic heterocycles. The fourth-order valence-corrected chi connectivity index (χ4v) is 6.54. The highest BCUT2D eigenvalue weighted by Gasteiger charge is 2.33. The van der Waals surface area contributed by atoms with Crippen molar-refractivity contribution in [2.45, 2.75) is 69.7 Å². The first-order valence-electron chi connectivity index (χ1n) is 19.3.